The molecule has 0 radical (unpaired) electrons. The number of rotatable bonds is 5. The van der Waals surface area contributed by atoms with Crippen LogP contribution in [-0.2, 0) is 4.74 Å². The number of ether oxygens (including phenoxy) is 1. The third-order valence-corrected chi connectivity index (χ3v) is 5.31. The Hall–Kier alpha value is -1.52. The minimum atomic E-state index is -1.36. The second-order valence-corrected chi connectivity index (χ2v) is 7.44. The fraction of sp³-hybridized carbons (Fsp3) is 0.533. The van der Waals surface area contributed by atoms with Crippen LogP contribution in [0.15, 0.2) is 28.2 Å². The average Bonchev–Trinajstić information content (AvgIpc) is 2.60. The monoisotopic (exact) mass is 402 g/mol. The summed E-state index contributed by atoms with van der Waals surface area (Å²) in [4.78, 5) is 16.8. The lowest BCUT2D eigenvalue weighted by molar-refractivity contribution is -0.159. The molecule has 142 valence electrons. The van der Waals surface area contributed by atoms with Gasteiger partial charge in [0.05, 0.1) is 24.3 Å². The van der Waals surface area contributed by atoms with Crippen LogP contribution in [0.5, 0.6) is 0 Å². The number of halogens is 1. The van der Waals surface area contributed by atoms with Crippen molar-refractivity contribution < 1.29 is 24.9 Å². The van der Waals surface area contributed by atoms with Gasteiger partial charge < -0.3 is 25.0 Å². The van der Waals surface area contributed by atoms with Crippen molar-refractivity contribution in [1.82, 2.24) is 4.90 Å². The molecule has 26 heavy (non-hydrogen) atoms. The molecular weight excluding hydrogens is 384 g/mol. The number of carbonyl (C=O) groups is 1. The van der Waals surface area contributed by atoms with E-state index in [4.69, 9.17) is 21.9 Å². The minimum absolute atomic E-state index is 0.264. The molecule has 0 saturated carbocycles. The minimum Gasteiger partial charge on any atom is -0.394 e. The van der Waals surface area contributed by atoms with Gasteiger partial charge in [-0.05, 0) is 23.7 Å². The molecule has 5 atom stereocenters. The van der Waals surface area contributed by atoms with Gasteiger partial charge in [0.2, 0.25) is 0 Å². The fourth-order valence-corrected chi connectivity index (χ4v) is 3.96. The van der Waals surface area contributed by atoms with E-state index in [1.807, 2.05) is 0 Å². The van der Waals surface area contributed by atoms with Gasteiger partial charge in [-0.1, -0.05) is 28.5 Å². The van der Waals surface area contributed by atoms with E-state index in [-0.39, 0.29) is 5.91 Å². The molecular formula is C15H19ClN4O5S. The summed E-state index contributed by atoms with van der Waals surface area (Å²) in [5.41, 5.74) is 8.03. The first kappa shape index (κ1) is 20.8. The molecule has 0 bridgehead atoms. The number of amides is 1. The molecule has 0 aliphatic carbocycles. The largest absolute Gasteiger partial charge is 0.394 e. The average molecular weight is 403 g/mol. The highest BCUT2D eigenvalue weighted by molar-refractivity contribution is 8.00. The highest BCUT2D eigenvalue weighted by Gasteiger charge is 2.44. The molecule has 1 heterocycles. The summed E-state index contributed by atoms with van der Waals surface area (Å²) in [5.74, 6) is -0.264. The van der Waals surface area contributed by atoms with Gasteiger partial charge in [-0.25, -0.2) is 0 Å². The van der Waals surface area contributed by atoms with Crippen molar-refractivity contribution in [1.29, 1.82) is 0 Å². The Morgan fingerprint density at radius 3 is 2.69 bits per heavy atom. The second kappa shape index (κ2) is 8.92. The number of carbonyl (C=O) groups excluding carboxylic acids is 1. The molecule has 0 aromatic heterocycles. The van der Waals surface area contributed by atoms with Crippen LogP contribution in [0.25, 0.3) is 10.4 Å². The Labute approximate surface area is 159 Å². The van der Waals surface area contributed by atoms with Gasteiger partial charge in [0.15, 0.2) is 0 Å². The van der Waals surface area contributed by atoms with E-state index in [1.165, 1.54) is 4.90 Å². The van der Waals surface area contributed by atoms with E-state index in [9.17, 15) is 20.1 Å². The van der Waals surface area contributed by atoms with Crippen molar-refractivity contribution in [2.24, 2.45) is 5.11 Å². The molecule has 1 aromatic carbocycles. The molecule has 1 aliphatic rings. The van der Waals surface area contributed by atoms with E-state index in [2.05, 4.69) is 10.0 Å². The third-order valence-electron chi connectivity index (χ3n) is 3.86. The number of hydrogen-bond donors (Lipinski definition) is 3. The van der Waals surface area contributed by atoms with Crippen molar-refractivity contribution in [2.75, 3.05) is 20.7 Å². The summed E-state index contributed by atoms with van der Waals surface area (Å²) >= 11 is 7.02. The zero-order valence-corrected chi connectivity index (χ0v) is 15.6. The number of benzene rings is 1. The zero-order valence-electron chi connectivity index (χ0n) is 14.1. The van der Waals surface area contributed by atoms with Gasteiger partial charge >= 0.3 is 0 Å². The maximum atomic E-state index is 12.4. The molecule has 9 nitrogen and oxygen atoms in total. The highest BCUT2D eigenvalue weighted by atomic mass is 35.5. The maximum Gasteiger partial charge on any atom is 0.254 e. The Morgan fingerprint density at radius 1 is 1.42 bits per heavy atom. The quantitative estimate of drug-likeness (QED) is 0.385. The number of thioether (sulfide) groups is 1. The molecule has 1 saturated heterocycles. The van der Waals surface area contributed by atoms with Crippen LogP contribution >= 0.6 is 23.4 Å². The first-order valence-corrected chi connectivity index (χ1v) is 8.90. The molecule has 1 fully saturated rings. The Kier molecular flexibility index (Phi) is 7.13. The van der Waals surface area contributed by atoms with E-state index in [0.717, 1.165) is 11.8 Å². The van der Waals surface area contributed by atoms with Gasteiger partial charge in [-0.2, -0.15) is 0 Å². The molecule has 3 N–H and O–H groups in total. The van der Waals surface area contributed by atoms with Crippen LogP contribution in [-0.4, -0.2) is 76.6 Å². The smallest absolute Gasteiger partial charge is 0.254 e. The molecule has 2 unspecified atom stereocenters. The van der Waals surface area contributed by atoms with Gasteiger partial charge in [0.25, 0.3) is 5.91 Å². The summed E-state index contributed by atoms with van der Waals surface area (Å²) in [6.45, 7) is -0.526. The van der Waals surface area contributed by atoms with Crippen molar-refractivity contribution in [3.05, 3.63) is 39.2 Å². The van der Waals surface area contributed by atoms with Crippen molar-refractivity contribution in [3.63, 3.8) is 0 Å². The molecule has 2 rings (SSSR count). The van der Waals surface area contributed by atoms with Crippen LogP contribution in [0.3, 0.4) is 0 Å². The summed E-state index contributed by atoms with van der Waals surface area (Å²) < 4.78 is 5.54. The third kappa shape index (κ3) is 4.41. The molecule has 1 aliphatic heterocycles. The maximum absolute atomic E-state index is 12.4. The number of nitrogens with zero attached hydrogens (tertiary/aromatic N) is 4. The topological polar surface area (TPSA) is 139 Å². The molecule has 1 amide bonds. The molecule has 11 heteroatoms. The Bertz CT molecular complexity index is 715. The zero-order chi connectivity index (χ0) is 19.4. The number of aliphatic hydroxyl groups excluding tert-OH is 3. The van der Waals surface area contributed by atoms with Crippen molar-refractivity contribution in [2.45, 2.75) is 34.7 Å². The first-order valence-electron chi connectivity index (χ1n) is 7.64. The van der Waals surface area contributed by atoms with Gasteiger partial charge in [0, 0.05) is 28.9 Å². The number of azide groups is 1. The second-order valence-electron chi connectivity index (χ2n) is 5.86. The number of aliphatic hydroxyl groups is 3. The van der Waals surface area contributed by atoms with E-state index < -0.39 is 36.4 Å². The van der Waals surface area contributed by atoms with Crippen LogP contribution in [0.4, 0.5) is 0 Å². The van der Waals surface area contributed by atoms with E-state index >= 15 is 0 Å². The first-order chi connectivity index (χ1) is 12.3. The fourth-order valence-electron chi connectivity index (χ4n) is 2.50. The summed E-state index contributed by atoms with van der Waals surface area (Å²) in [5, 5.41) is 33.7. The predicted octanol–water partition coefficient (Wildman–Crippen LogP) is 1.25. The van der Waals surface area contributed by atoms with Gasteiger partial charge in [0.1, 0.15) is 17.6 Å². The highest BCUT2D eigenvalue weighted by Crippen LogP contribution is 2.37. The standard InChI is InChI=1S/C15H19ClN4O5S/c1-20(2)14(24)8-4-3-7(16)5-10(8)26-15-13(23)11(18-19-17)12(22)9(6-21)25-15/h3-5,9,11-13,15,21-23H,6H2,1-2H3/t9?,11?,12-,13-,15+/m0/s1. The molecule has 1 aromatic rings. The lowest BCUT2D eigenvalue weighted by atomic mass is 9.98. The Morgan fingerprint density at radius 2 is 2.12 bits per heavy atom. The molecule has 0 spiro atoms. The van der Waals surface area contributed by atoms with E-state index in [0.29, 0.717) is 15.5 Å². The van der Waals surface area contributed by atoms with Crippen LogP contribution in [0.2, 0.25) is 5.02 Å². The van der Waals surface area contributed by atoms with E-state index in [1.54, 1.807) is 32.3 Å². The van der Waals surface area contributed by atoms with Crippen LogP contribution in [0, 0.1) is 0 Å². The normalized spacial score (nSPS) is 28.3. The number of hydrogen-bond acceptors (Lipinski definition) is 7. The van der Waals surface area contributed by atoms with Crippen LogP contribution in [0.1, 0.15) is 10.4 Å². The SMILES string of the molecule is CN(C)C(=O)c1ccc(Cl)cc1S[C@H]1OC(CO)[C@H](O)C(N=[N+]=[N-])[C@@H]1O. The van der Waals surface area contributed by atoms with Crippen LogP contribution < -0.4 is 0 Å². The Balaban J connectivity index is 2.35. The van der Waals surface area contributed by atoms with Gasteiger partial charge in [-0.15, -0.1) is 0 Å². The lowest BCUT2D eigenvalue weighted by Crippen LogP contribution is -2.56. The summed E-state index contributed by atoms with van der Waals surface area (Å²) in [7, 11) is 3.21. The summed E-state index contributed by atoms with van der Waals surface area (Å²) in [6.07, 6.45) is -3.75. The summed E-state index contributed by atoms with van der Waals surface area (Å²) in [6, 6.07) is 3.49. The lowest BCUT2D eigenvalue weighted by Gasteiger charge is -2.40. The van der Waals surface area contributed by atoms with Crippen molar-refractivity contribution in [3.8, 4) is 0 Å². The van der Waals surface area contributed by atoms with Gasteiger partial charge in [-0.3, -0.25) is 4.79 Å². The predicted molar refractivity (Wildman–Crippen MR) is 96.0 cm³/mol. The van der Waals surface area contributed by atoms with Crippen molar-refractivity contribution >= 4 is 29.3 Å².